The van der Waals surface area contributed by atoms with Gasteiger partial charge in [0.25, 0.3) is 0 Å². The van der Waals surface area contributed by atoms with E-state index in [-0.39, 0.29) is 5.82 Å². The van der Waals surface area contributed by atoms with Crippen LogP contribution >= 0.6 is 0 Å². The van der Waals surface area contributed by atoms with Gasteiger partial charge in [-0.1, -0.05) is 0 Å². The summed E-state index contributed by atoms with van der Waals surface area (Å²) < 4.78 is 12.7. The van der Waals surface area contributed by atoms with Crippen LogP contribution in [0.4, 0.5) is 4.39 Å². The molecule has 1 N–H and O–H groups in total. The summed E-state index contributed by atoms with van der Waals surface area (Å²) in [6, 6.07) is 1.29. The quantitative estimate of drug-likeness (QED) is 0.590. The van der Waals surface area contributed by atoms with Crippen molar-refractivity contribution in [1.29, 1.82) is 0 Å². The molecule has 50 valence electrons. The molecule has 0 unspecified atom stereocenters. The molecule has 0 aliphatic rings. The fourth-order valence-electron chi connectivity index (χ4n) is 0.817. The number of hydrogen-bond donors (Lipinski definition) is 1. The average molecular weight is 137 g/mol. The lowest BCUT2D eigenvalue weighted by Gasteiger charge is -1.86. The molecule has 2 aromatic heterocycles. The molecule has 0 atom stereocenters. The zero-order valence-corrected chi connectivity index (χ0v) is 5.00. The molecule has 0 saturated heterocycles. The standard InChI is InChI=1S/C6H4FN3/c7-4-1-2-8-6-5(4)9-3-10-6/h1-3H,(H,8,9,10). The largest absolute Gasteiger partial charge is 0.341 e. The van der Waals surface area contributed by atoms with Gasteiger partial charge in [-0.25, -0.2) is 14.4 Å². The molecule has 3 nitrogen and oxygen atoms in total. The Morgan fingerprint density at radius 2 is 2.30 bits per heavy atom. The molecular weight excluding hydrogens is 133 g/mol. The maximum Gasteiger partial charge on any atom is 0.180 e. The minimum atomic E-state index is -0.317. The van der Waals surface area contributed by atoms with E-state index in [0.29, 0.717) is 11.2 Å². The minimum Gasteiger partial charge on any atom is -0.341 e. The highest BCUT2D eigenvalue weighted by molar-refractivity contribution is 5.69. The lowest BCUT2D eigenvalue weighted by atomic mass is 10.4. The second-order valence-corrected chi connectivity index (χ2v) is 1.89. The van der Waals surface area contributed by atoms with E-state index in [1.54, 1.807) is 0 Å². The first-order valence-electron chi connectivity index (χ1n) is 2.81. The summed E-state index contributed by atoms with van der Waals surface area (Å²) in [6.07, 6.45) is 2.80. The fourth-order valence-corrected chi connectivity index (χ4v) is 0.817. The Morgan fingerprint density at radius 1 is 1.40 bits per heavy atom. The van der Waals surface area contributed by atoms with E-state index in [2.05, 4.69) is 15.0 Å². The van der Waals surface area contributed by atoms with Gasteiger partial charge >= 0.3 is 0 Å². The smallest absolute Gasteiger partial charge is 0.180 e. The maximum atomic E-state index is 12.7. The summed E-state index contributed by atoms with van der Waals surface area (Å²) in [5, 5.41) is 0. The molecule has 10 heavy (non-hydrogen) atoms. The molecule has 0 fully saturated rings. The predicted molar refractivity (Wildman–Crippen MR) is 33.8 cm³/mol. The number of aromatic amines is 1. The first kappa shape index (κ1) is 5.34. The van der Waals surface area contributed by atoms with Crippen LogP contribution in [0.2, 0.25) is 0 Å². The summed E-state index contributed by atoms with van der Waals surface area (Å²) in [5.41, 5.74) is 0.780. The van der Waals surface area contributed by atoms with Crippen LogP contribution < -0.4 is 0 Å². The zero-order valence-electron chi connectivity index (χ0n) is 5.00. The second-order valence-electron chi connectivity index (χ2n) is 1.89. The number of hydrogen-bond acceptors (Lipinski definition) is 2. The van der Waals surface area contributed by atoms with E-state index < -0.39 is 0 Å². The number of rotatable bonds is 0. The Labute approximate surface area is 55.9 Å². The van der Waals surface area contributed by atoms with Crippen molar-refractivity contribution in [2.24, 2.45) is 0 Å². The summed E-state index contributed by atoms with van der Waals surface area (Å²) >= 11 is 0. The Kier molecular flexibility index (Phi) is 0.943. The average Bonchev–Trinajstić information content (AvgIpc) is 2.36. The van der Waals surface area contributed by atoms with Crippen molar-refractivity contribution in [2.75, 3.05) is 0 Å². The van der Waals surface area contributed by atoms with Gasteiger partial charge in [0.05, 0.1) is 6.33 Å². The van der Waals surface area contributed by atoms with Gasteiger partial charge < -0.3 is 4.98 Å². The summed E-state index contributed by atoms with van der Waals surface area (Å²) in [5.74, 6) is -0.317. The van der Waals surface area contributed by atoms with Crippen LogP contribution in [0.1, 0.15) is 0 Å². The van der Waals surface area contributed by atoms with Crippen LogP contribution in [0.15, 0.2) is 18.6 Å². The van der Waals surface area contributed by atoms with Gasteiger partial charge in [0.2, 0.25) is 0 Å². The van der Waals surface area contributed by atoms with Crippen LogP contribution in [0, 0.1) is 5.82 Å². The fraction of sp³-hybridized carbons (Fsp3) is 0. The normalized spacial score (nSPS) is 10.5. The van der Waals surface area contributed by atoms with Crippen molar-refractivity contribution < 1.29 is 4.39 Å². The van der Waals surface area contributed by atoms with Gasteiger partial charge in [-0.2, -0.15) is 0 Å². The zero-order chi connectivity index (χ0) is 6.97. The second kappa shape index (κ2) is 1.76. The van der Waals surface area contributed by atoms with Crippen molar-refractivity contribution in [3.63, 3.8) is 0 Å². The first-order valence-corrected chi connectivity index (χ1v) is 2.81. The van der Waals surface area contributed by atoms with Crippen LogP contribution in [0.5, 0.6) is 0 Å². The molecule has 0 spiro atoms. The number of imidazole rings is 1. The number of nitrogens with one attached hydrogen (secondary N) is 1. The molecule has 0 bridgehead atoms. The van der Waals surface area contributed by atoms with Gasteiger partial charge in [-0.3, -0.25) is 0 Å². The van der Waals surface area contributed by atoms with E-state index in [4.69, 9.17) is 0 Å². The van der Waals surface area contributed by atoms with Gasteiger partial charge in [-0.15, -0.1) is 0 Å². The topological polar surface area (TPSA) is 41.6 Å². The molecule has 0 aliphatic heterocycles. The molecule has 0 saturated carbocycles. The Morgan fingerprint density at radius 3 is 3.10 bits per heavy atom. The molecule has 0 amide bonds. The van der Waals surface area contributed by atoms with E-state index in [0.717, 1.165) is 0 Å². The van der Waals surface area contributed by atoms with Crippen LogP contribution in [0.3, 0.4) is 0 Å². The Hall–Kier alpha value is -1.45. The molecule has 0 radical (unpaired) electrons. The highest BCUT2D eigenvalue weighted by Gasteiger charge is 2.00. The van der Waals surface area contributed by atoms with Crippen LogP contribution in [-0.2, 0) is 0 Å². The van der Waals surface area contributed by atoms with E-state index >= 15 is 0 Å². The monoisotopic (exact) mass is 137 g/mol. The van der Waals surface area contributed by atoms with E-state index in [1.807, 2.05) is 0 Å². The molecule has 2 rings (SSSR count). The van der Waals surface area contributed by atoms with Crippen LogP contribution in [0.25, 0.3) is 11.2 Å². The molecule has 4 heteroatoms. The van der Waals surface area contributed by atoms with Gasteiger partial charge in [0.15, 0.2) is 11.5 Å². The summed E-state index contributed by atoms with van der Waals surface area (Å²) in [4.78, 5) is 10.2. The van der Waals surface area contributed by atoms with Crippen molar-refractivity contribution in [1.82, 2.24) is 15.0 Å². The van der Waals surface area contributed by atoms with E-state index in [1.165, 1.54) is 18.6 Å². The third kappa shape index (κ3) is 0.586. The van der Waals surface area contributed by atoms with Crippen molar-refractivity contribution in [3.05, 3.63) is 24.4 Å². The van der Waals surface area contributed by atoms with Crippen LogP contribution in [-0.4, -0.2) is 15.0 Å². The summed E-state index contributed by atoms with van der Waals surface area (Å²) in [7, 11) is 0. The number of fused-ring (bicyclic) bond motifs is 1. The molecular formula is C6H4FN3. The predicted octanol–water partition coefficient (Wildman–Crippen LogP) is 1.10. The Balaban J connectivity index is 2.95. The number of H-pyrrole nitrogens is 1. The number of pyridine rings is 1. The lowest BCUT2D eigenvalue weighted by Crippen LogP contribution is -1.79. The van der Waals surface area contributed by atoms with Crippen molar-refractivity contribution in [3.8, 4) is 0 Å². The third-order valence-electron chi connectivity index (χ3n) is 1.28. The van der Waals surface area contributed by atoms with Gasteiger partial charge in [-0.05, 0) is 6.07 Å². The molecule has 0 aromatic carbocycles. The Bertz CT molecular complexity index is 355. The number of aromatic nitrogens is 3. The van der Waals surface area contributed by atoms with Crippen molar-refractivity contribution >= 4 is 11.2 Å². The molecule has 2 aromatic rings. The molecule has 2 heterocycles. The van der Waals surface area contributed by atoms with Gasteiger partial charge in [0, 0.05) is 6.20 Å². The van der Waals surface area contributed by atoms with E-state index in [9.17, 15) is 4.39 Å². The lowest BCUT2D eigenvalue weighted by molar-refractivity contribution is 0.636. The van der Waals surface area contributed by atoms with Crippen molar-refractivity contribution in [2.45, 2.75) is 0 Å². The van der Waals surface area contributed by atoms with Gasteiger partial charge in [0.1, 0.15) is 5.52 Å². The third-order valence-corrected chi connectivity index (χ3v) is 1.28. The maximum absolute atomic E-state index is 12.7. The number of halogens is 1. The minimum absolute atomic E-state index is 0.317. The highest BCUT2D eigenvalue weighted by atomic mass is 19.1. The highest BCUT2D eigenvalue weighted by Crippen LogP contribution is 2.08. The molecule has 0 aliphatic carbocycles. The summed E-state index contributed by atoms with van der Waals surface area (Å²) in [6.45, 7) is 0. The first-order chi connectivity index (χ1) is 4.88. The number of nitrogens with zero attached hydrogens (tertiary/aromatic N) is 2. The SMILES string of the molecule is Fc1ccnc2nc[nH]c12.